The Bertz CT molecular complexity index is 1240. The second kappa shape index (κ2) is 8.88. The van der Waals surface area contributed by atoms with Gasteiger partial charge in [-0.15, -0.1) is 5.10 Å². The molecule has 0 bridgehead atoms. The molecule has 3 N–H and O–H groups in total. The van der Waals surface area contributed by atoms with Gasteiger partial charge < -0.3 is 11.1 Å². The van der Waals surface area contributed by atoms with E-state index in [1.807, 2.05) is 6.07 Å². The van der Waals surface area contributed by atoms with Gasteiger partial charge in [0.25, 0.3) is 5.91 Å². The molecule has 31 heavy (non-hydrogen) atoms. The van der Waals surface area contributed by atoms with Gasteiger partial charge in [-0.25, -0.2) is 9.07 Å². The molecule has 156 valence electrons. The molecule has 7 nitrogen and oxygen atoms in total. The third kappa shape index (κ3) is 4.84. The first-order valence-electron chi connectivity index (χ1n) is 9.30. The number of nitrogens with two attached hydrogens (primary N) is 1. The molecule has 0 radical (unpaired) electrons. The van der Waals surface area contributed by atoms with Crippen LogP contribution in [0.25, 0.3) is 11.1 Å². The summed E-state index contributed by atoms with van der Waals surface area (Å²) in [6.07, 6.45) is 1.43. The number of halogens is 1. The number of nitrogens with one attached hydrogen (secondary N) is 1. The first kappa shape index (κ1) is 20.4. The van der Waals surface area contributed by atoms with Gasteiger partial charge in [0.2, 0.25) is 0 Å². The molecule has 0 saturated heterocycles. The highest BCUT2D eigenvalue weighted by atomic mass is 32.2. The van der Waals surface area contributed by atoms with E-state index in [9.17, 15) is 13.4 Å². The number of aromatic nitrogens is 3. The van der Waals surface area contributed by atoms with Crippen molar-refractivity contribution in [2.45, 2.75) is 10.8 Å². The number of benzene rings is 3. The fourth-order valence-electron chi connectivity index (χ4n) is 2.91. The molecule has 9 heteroatoms. The van der Waals surface area contributed by atoms with E-state index < -0.39 is 16.7 Å². The summed E-state index contributed by atoms with van der Waals surface area (Å²) in [4.78, 5) is 13.3. The Labute approximate surface area is 180 Å². The fraction of sp³-hybridized carbons (Fsp3) is 0.0455. The van der Waals surface area contributed by atoms with Gasteiger partial charge in [-0.05, 0) is 47.5 Å². The number of hydrogen-bond acceptors (Lipinski definition) is 5. The predicted molar refractivity (Wildman–Crippen MR) is 117 cm³/mol. The molecule has 0 saturated carbocycles. The lowest BCUT2D eigenvalue weighted by Gasteiger charge is -2.10. The summed E-state index contributed by atoms with van der Waals surface area (Å²) in [6, 6.07) is 20.1. The maximum atomic E-state index is 13.2. The Morgan fingerprint density at radius 1 is 1.03 bits per heavy atom. The highest BCUT2D eigenvalue weighted by molar-refractivity contribution is 7.84. The van der Waals surface area contributed by atoms with E-state index in [4.69, 9.17) is 5.73 Å². The lowest BCUT2D eigenvalue weighted by Crippen LogP contribution is -2.14. The van der Waals surface area contributed by atoms with Crippen LogP contribution in [0.15, 0.2) is 83.9 Å². The zero-order valence-corrected chi connectivity index (χ0v) is 17.1. The second-order valence-corrected chi connectivity index (χ2v) is 8.11. The molecular weight excluding hydrogens is 417 g/mol. The Morgan fingerprint density at radius 2 is 1.74 bits per heavy atom. The number of anilines is 2. The Balaban J connectivity index is 1.48. The number of hydrogen-bond donors (Lipinski definition) is 2. The van der Waals surface area contributed by atoms with Gasteiger partial charge >= 0.3 is 0 Å². The van der Waals surface area contributed by atoms with Crippen molar-refractivity contribution in [3.8, 4) is 11.1 Å². The zero-order valence-electron chi connectivity index (χ0n) is 16.2. The van der Waals surface area contributed by atoms with Crippen LogP contribution in [0.5, 0.6) is 0 Å². The highest BCUT2D eigenvalue weighted by Gasteiger charge is 2.15. The van der Waals surface area contributed by atoms with Gasteiger partial charge in [0.05, 0.1) is 28.4 Å². The lowest BCUT2D eigenvalue weighted by atomic mass is 10.0. The Hall–Kier alpha value is -3.85. The Kier molecular flexibility index (Phi) is 5.85. The summed E-state index contributed by atoms with van der Waals surface area (Å²) in [7, 11) is -1.32. The Morgan fingerprint density at radius 3 is 2.48 bits per heavy atom. The zero-order chi connectivity index (χ0) is 21.8. The van der Waals surface area contributed by atoms with Crippen molar-refractivity contribution in [2.24, 2.45) is 0 Å². The number of nitrogen functional groups attached to an aromatic ring is 1. The summed E-state index contributed by atoms with van der Waals surface area (Å²) < 4.78 is 26.9. The molecular formula is C22H18FN5O2S. The lowest BCUT2D eigenvalue weighted by molar-refractivity contribution is 0.102. The van der Waals surface area contributed by atoms with Crippen LogP contribution < -0.4 is 11.1 Å². The van der Waals surface area contributed by atoms with Crippen molar-refractivity contribution < 1.29 is 13.4 Å². The van der Waals surface area contributed by atoms with Crippen molar-refractivity contribution in [3.63, 3.8) is 0 Å². The minimum Gasteiger partial charge on any atom is -0.397 e. The summed E-state index contributed by atoms with van der Waals surface area (Å²) in [5.74, 6) is -0.754. The van der Waals surface area contributed by atoms with Crippen LogP contribution in [0.3, 0.4) is 0 Å². The van der Waals surface area contributed by atoms with E-state index in [0.29, 0.717) is 16.3 Å². The minimum absolute atomic E-state index is 0.0663. The molecule has 1 amide bonds. The van der Waals surface area contributed by atoms with Crippen LogP contribution in [0, 0.1) is 5.82 Å². The van der Waals surface area contributed by atoms with Gasteiger partial charge in [0, 0.05) is 4.90 Å². The summed E-state index contributed by atoms with van der Waals surface area (Å²) in [6.45, 7) is 0. The molecule has 1 aromatic heterocycles. The molecule has 1 atom stereocenters. The first-order valence-corrected chi connectivity index (χ1v) is 10.6. The minimum atomic E-state index is -1.32. The van der Waals surface area contributed by atoms with Crippen molar-refractivity contribution >= 4 is 28.1 Å². The largest absolute Gasteiger partial charge is 0.397 e. The van der Waals surface area contributed by atoms with Crippen molar-refractivity contribution in [3.05, 3.63) is 90.5 Å². The van der Waals surface area contributed by atoms with E-state index in [-0.39, 0.29) is 17.4 Å². The standard InChI is InChI=1S/C22H18FN5O2S/c23-17-9-6-15(7-10-17)16-8-11-19(24)20(12-16)25-22(29)21-13-28(27-26-21)14-31(30)18-4-2-1-3-5-18/h1-13H,14,24H2,(H,25,29). The molecule has 4 aromatic rings. The molecule has 1 heterocycles. The number of carbonyl (C=O) groups excluding carboxylic acids is 1. The van der Waals surface area contributed by atoms with Crippen LogP contribution in [0.2, 0.25) is 0 Å². The smallest absolute Gasteiger partial charge is 0.277 e. The normalized spacial score (nSPS) is 11.8. The van der Waals surface area contributed by atoms with Crippen molar-refractivity contribution in [2.75, 3.05) is 11.1 Å². The maximum absolute atomic E-state index is 13.2. The molecule has 0 aliphatic rings. The van der Waals surface area contributed by atoms with Gasteiger partial charge in [-0.3, -0.25) is 9.00 Å². The molecule has 1 unspecified atom stereocenters. The number of amides is 1. The van der Waals surface area contributed by atoms with E-state index in [2.05, 4.69) is 15.6 Å². The van der Waals surface area contributed by atoms with Crippen LogP contribution in [0.1, 0.15) is 10.5 Å². The van der Waals surface area contributed by atoms with Gasteiger partial charge in [0.15, 0.2) is 5.69 Å². The van der Waals surface area contributed by atoms with E-state index >= 15 is 0 Å². The number of nitrogens with zero attached hydrogens (tertiary/aromatic N) is 3. The highest BCUT2D eigenvalue weighted by Crippen LogP contribution is 2.27. The monoisotopic (exact) mass is 435 g/mol. The first-order chi connectivity index (χ1) is 15.0. The second-order valence-electron chi connectivity index (χ2n) is 6.69. The summed E-state index contributed by atoms with van der Waals surface area (Å²) >= 11 is 0. The topological polar surface area (TPSA) is 103 Å². The third-order valence-corrected chi connectivity index (χ3v) is 5.80. The van der Waals surface area contributed by atoms with E-state index in [1.54, 1.807) is 54.6 Å². The SMILES string of the molecule is Nc1ccc(-c2ccc(F)cc2)cc1NC(=O)c1cn(CS(=O)c2ccccc2)nn1. The number of carbonyl (C=O) groups is 1. The molecule has 0 aliphatic heterocycles. The molecule has 0 aliphatic carbocycles. The molecule has 0 spiro atoms. The van der Waals surface area contributed by atoms with Gasteiger partial charge in [-0.1, -0.05) is 41.6 Å². The predicted octanol–water partition coefficient (Wildman–Crippen LogP) is 3.68. The average molecular weight is 435 g/mol. The van der Waals surface area contributed by atoms with Gasteiger partial charge in [0.1, 0.15) is 11.7 Å². The van der Waals surface area contributed by atoms with Gasteiger partial charge in [-0.2, -0.15) is 0 Å². The van der Waals surface area contributed by atoms with Crippen LogP contribution in [-0.4, -0.2) is 25.1 Å². The molecule has 4 rings (SSSR count). The van der Waals surface area contributed by atoms with E-state index in [0.717, 1.165) is 11.1 Å². The van der Waals surface area contributed by atoms with Crippen molar-refractivity contribution in [1.82, 2.24) is 15.0 Å². The third-order valence-electron chi connectivity index (χ3n) is 4.51. The fourth-order valence-corrected chi connectivity index (χ4v) is 3.88. The average Bonchev–Trinajstić information content (AvgIpc) is 3.25. The van der Waals surface area contributed by atoms with Crippen LogP contribution in [-0.2, 0) is 16.7 Å². The van der Waals surface area contributed by atoms with Crippen LogP contribution >= 0.6 is 0 Å². The summed E-state index contributed by atoms with van der Waals surface area (Å²) in [5.41, 5.74) is 8.39. The maximum Gasteiger partial charge on any atom is 0.277 e. The van der Waals surface area contributed by atoms with E-state index in [1.165, 1.54) is 23.0 Å². The number of rotatable bonds is 6. The van der Waals surface area contributed by atoms with Crippen LogP contribution in [0.4, 0.5) is 15.8 Å². The quantitative estimate of drug-likeness (QED) is 0.450. The van der Waals surface area contributed by atoms with Crippen molar-refractivity contribution in [1.29, 1.82) is 0 Å². The summed E-state index contributed by atoms with van der Waals surface area (Å²) in [5, 5.41) is 10.5. The molecule has 0 fully saturated rings. The molecule has 3 aromatic carbocycles.